The average molecular weight is 434 g/mol. The van der Waals surface area contributed by atoms with Gasteiger partial charge in [0.1, 0.15) is 5.56 Å². The molecule has 0 unspecified atom stereocenters. The molecule has 1 aromatic carbocycles. The van der Waals surface area contributed by atoms with Crippen LogP contribution in [0.4, 0.5) is 26.3 Å². The maximum absolute atomic E-state index is 13.1. The number of carbonyl (C=O) groups excluding carboxylic acids is 1. The molecule has 3 rings (SSSR count). The van der Waals surface area contributed by atoms with E-state index in [2.05, 4.69) is 24.5 Å². The summed E-state index contributed by atoms with van der Waals surface area (Å²) in [6.07, 6.45) is -8.71. The maximum Gasteiger partial charge on any atom is 0.471 e. The third-order valence-corrected chi connectivity index (χ3v) is 3.75. The Morgan fingerprint density at radius 1 is 1.10 bits per heavy atom. The number of carbonyl (C=O) groups is 1. The van der Waals surface area contributed by atoms with Crippen LogP contribution in [0.2, 0.25) is 0 Å². The Bertz CT molecular complexity index is 1040. The first-order valence-corrected chi connectivity index (χ1v) is 8.31. The number of aromatic nitrogens is 4. The minimum atomic E-state index is -4.86. The third-order valence-electron chi connectivity index (χ3n) is 3.75. The van der Waals surface area contributed by atoms with E-state index in [1.807, 2.05) is 0 Å². The van der Waals surface area contributed by atoms with Gasteiger partial charge in [0, 0.05) is 11.8 Å². The quantitative estimate of drug-likeness (QED) is 0.442. The molecule has 0 N–H and O–H groups in total. The van der Waals surface area contributed by atoms with Crippen LogP contribution in [-0.2, 0) is 23.6 Å². The second-order valence-corrected chi connectivity index (χ2v) is 5.93. The molecular weight excluding hydrogens is 422 g/mol. The maximum atomic E-state index is 13.1. The van der Waals surface area contributed by atoms with Gasteiger partial charge in [-0.1, -0.05) is 29.4 Å². The highest BCUT2D eigenvalue weighted by Crippen LogP contribution is 2.32. The van der Waals surface area contributed by atoms with Crippen molar-refractivity contribution in [2.24, 2.45) is 0 Å². The highest BCUT2D eigenvalue weighted by Gasteiger charge is 2.40. The highest BCUT2D eigenvalue weighted by molar-refractivity contribution is 5.90. The van der Waals surface area contributed by atoms with E-state index in [4.69, 9.17) is 0 Å². The zero-order valence-corrected chi connectivity index (χ0v) is 15.1. The Labute approximate surface area is 164 Å². The summed E-state index contributed by atoms with van der Waals surface area (Å²) in [5.74, 6) is -2.94. The summed E-state index contributed by atoms with van der Waals surface area (Å²) in [6.45, 7) is 1.22. The van der Waals surface area contributed by atoms with Gasteiger partial charge < -0.3 is 9.26 Å². The molecule has 7 nitrogen and oxygen atoms in total. The van der Waals surface area contributed by atoms with Crippen LogP contribution in [0, 0.1) is 0 Å². The number of rotatable bonds is 5. The van der Waals surface area contributed by atoms with Crippen LogP contribution in [0.25, 0.3) is 11.4 Å². The molecule has 0 amide bonds. The second-order valence-electron chi connectivity index (χ2n) is 5.93. The van der Waals surface area contributed by atoms with Crippen LogP contribution in [0.1, 0.15) is 34.4 Å². The van der Waals surface area contributed by atoms with E-state index in [0.29, 0.717) is 5.56 Å². The van der Waals surface area contributed by atoms with Crippen LogP contribution in [0.5, 0.6) is 0 Å². The molecular formula is C17H12F6N4O3. The fourth-order valence-corrected chi connectivity index (χ4v) is 2.47. The van der Waals surface area contributed by atoms with Crippen molar-refractivity contribution in [3.8, 4) is 11.4 Å². The molecule has 0 aliphatic carbocycles. The van der Waals surface area contributed by atoms with E-state index in [1.165, 1.54) is 31.2 Å². The Morgan fingerprint density at radius 2 is 1.77 bits per heavy atom. The van der Waals surface area contributed by atoms with Crippen molar-refractivity contribution in [1.82, 2.24) is 19.9 Å². The summed E-state index contributed by atoms with van der Waals surface area (Å²) in [6, 6.07) is 5.64. The van der Waals surface area contributed by atoms with Crippen molar-refractivity contribution in [1.29, 1.82) is 0 Å². The molecule has 0 aliphatic rings. The Balaban J connectivity index is 1.82. The number of halogens is 6. The van der Waals surface area contributed by atoms with Gasteiger partial charge in [0.05, 0.1) is 13.2 Å². The number of hydrogen-bond acceptors (Lipinski definition) is 6. The summed E-state index contributed by atoms with van der Waals surface area (Å²) in [7, 11) is 0. The van der Waals surface area contributed by atoms with Crippen molar-refractivity contribution in [3.05, 3.63) is 53.2 Å². The smallest absolute Gasteiger partial charge is 0.462 e. The first kappa shape index (κ1) is 21.3. The van der Waals surface area contributed by atoms with Crippen LogP contribution in [0.3, 0.4) is 0 Å². The van der Waals surface area contributed by atoms with E-state index >= 15 is 0 Å². The molecule has 0 spiro atoms. The number of hydrogen-bond donors (Lipinski definition) is 0. The second kappa shape index (κ2) is 7.80. The van der Waals surface area contributed by atoms with Crippen LogP contribution in [0.15, 0.2) is 35.0 Å². The molecule has 0 saturated carbocycles. The lowest BCUT2D eigenvalue weighted by atomic mass is 10.1. The standard InChI is InChI=1S/C17H12F6N4O3/c1-2-29-14(28)11-8-27(25-12(11)16(18,19)20)7-9-3-5-10(6-4-9)13-24-15(30-26-13)17(21,22)23/h3-6,8H,2,7H2,1H3. The number of alkyl halides is 6. The molecule has 0 radical (unpaired) electrons. The van der Waals surface area contributed by atoms with E-state index < -0.39 is 35.5 Å². The van der Waals surface area contributed by atoms with Gasteiger partial charge in [0.2, 0.25) is 5.82 Å². The van der Waals surface area contributed by atoms with E-state index in [0.717, 1.165) is 10.9 Å². The monoisotopic (exact) mass is 434 g/mol. The van der Waals surface area contributed by atoms with Crippen molar-refractivity contribution >= 4 is 5.97 Å². The van der Waals surface area contributed by atoms with Gasteiger partial charge in [0.15, 0.2) is 5.69 Å². The lowest BCUT2D eigenvalue weighted by Gasteiger charge is -2.05. The molecule has 3 aromatic rings. The van der Waals surface area contributed by atoms with Crippen molar-refractivity contribution in [2.75, 3.05) is 6.61 Å². The number of ether oxygens (including phenoxy) is 1. The molecule has 0 atom stereocenters. The van der Waals surface area contributed by atoms with Gasteiger partial charge in [-0.25, -0.2) is 4.79 Å². The Morgan fingerprint density at radius 3 is 2.30 bits per heavy atom. The van der Waals surface area contributed by atoms with E-state index in [1.54, 1.807) is 0 Å². The molecule has 0 fully saturated rings. The van der Waals surface area contributed by atoms with Crippen molar-refractivity contribution < 1.29 is 40.4 Å². The predicted molar refractivity (Wildman–Crippen MR) is 87.0 cm³/mol. The minimum absolute atomic E-state index is 0.102. The van der Waals surface area contributed by atoms with Gasteiger partial charge in [-0.05, 0) is 12.5 Å². The summed E-state index contributed by atoms with van der Waals surface area (Å²) in [4.78, 5) is 15.0. The van der Waals surface area contributed by atoms with Crippen LogP contribution >= 0.6 is 0 Å². The van der Waals surface area contributed by atoms with Crippen LogP contribution in [-0.4, -0.2) is 32.5 Å². The van der Waals surface area contributed by atoms with Crippen LogP contribution < -0.4 is 0 Å². The van der Waals surface area contributed by atoms with Gasteiger partial charge in [0.25, 0.3) is 0 Å². The molecule has 2 aromatic heterocycles. The normalized spacial score (nSPS) is 12.2. The Kier molecular flexibility index (Phi) is 5.55. The molecule has 160 valence electrons. The number of esters is 1. The summed E-state index contributed by atoms with van der Waals surface area (Å²) in [5.41, 5.74) is -1.41. The predicted octanol–water partition coefficient (Wildman–Crippen LogP) is 4.20. The van der Waals surface area contributed by atoms with E-state index in [-0.39, 0.29) is 24.5 Å². The van der Waals surface area contributed by atoms with Gasteiger partial charge >= 0.3 is 24.2 Å². The topological polar surface area (TPSA) is 83.0 Å². The lowest BCUT2D eigenvalue weighted by Crippen LogP contribution is -2.14. The lowest BCUT2D eigenvalue weighted by molar-refractivity contribution is -0.159. The molecule has 0 saturated heterocycles. The minimum Gasteiger partial charge on any atom is -0.462 e. The van der Waals surface area contributed by atoms with Crippen molar-refractivity contribution in [3.63, 3.8) is 0 Å². The summed E-state index contributed by atoms with van der Waals surface area (Å²) < 4.78 is 86.7. The summed E-state index contributed by atoms with van der Waals surface area (Å²) >= 11 is 0. The largest absolute Gasteiger partial charge is 0.471 e. The molecule has 0 aliphatic heterocycles. The number of benzene rings is 1. The first-order valence-electron chi connectivity index (χ1n) is 8.31. The fourth-order valence-electron chi connectivity index (χ4n) is 2.47. The summed E-state index contributed by atoms with van der Waals surface area (Å²) in [5, 5.41) is 6.66. The molecule has 13 heteroatoms. The zero-order valence-electron chi connectivity index (χ0n) is 15.1. The highest BCUT2D eigenvalue weighted by atomic mass is 19.4. The van der Waals surface area contributed by atoms with Gasteiger partial charge in [-0.2, -0.15) is 36.4 Å². The molecule has 0 bridgehead atoms. The fraction of sp³-hybridized carbons (Fsp3) is 0.294. The third kappa shape index (κ3) is 4.60. The first-order chi connectivity index (χ1) is 14.0. The van der Waals surface area contributed by atoms with Gasteiger partial charge in [-0.15, -0.1) is 0 Å². The SMILES string of the molecule is CCOC(=O)c1cn(Cc2ccc(-c3noc(C(F)(F)F)n3)cc2)nc1C(F)(F)F. The molecule has 30 heavy (non-hydrogen) atoms. The van der Waals surface area contributed by atoms with Crippen molar-refractivity contribution in [2.45, 2.75) is 25.8 Å². The number of nitrogens with zero attached hydrogens (tertiary/aromatic N) is 4. The molecule has 2 heterocycles. The zero-order chi connectivity index (χ0) is 22.1. The Hall–Kier alpha value is -3.38. The average Bonchev–Trinajstić information content (AvgIpc) is 3.29. The van der Waals surface area contributed by atoms with E-state index in [9.17, 15) is 31.1 Å². The van der Waals surface area contributed by atoms with Gasteiger partial charge in [-0.3, -0.25) is 4.68 Å².